The monoisotopic (exact) mass is 282 g/mol. The van der Waals surface area contributed by atoms with E-state index < -0.39 is 8.32 Å². The fourth-order valence-corrected chi connectivity index (χ4v) is 2.39. The summed E-state index contributed by atoms with van der Waals surface area (Å²) in [5.74, 6) is 1.60. The van der Waals surface area contributed by atoms with Crippen molar-refractivity contribution in [2.45, 2.75) is 45.5 Å². The van der Waals surface area contributed by atoms with Crippen LogP contribution in [0.15, 0.2) is 18.2 Å². The van der Waals surface area contributed by atoms with Crippen LogP contribution in [0.25, 0.3) is 0 Å². The second-order valence-electron chi connectivity index (χ2n) is 6.27. The summed E-state index contributed by atoms with van der Waals surface area (Å²) in [6.07, 6.45) is 0. The van der Waals surface area contributed by atoms with E-state index in [1.165, 1.54) is 0 Å². The average Bonchev–Trinajstić information content (AvgIpc) is 2.34. The van der Waals surface area contributed by atoms with Gasteiger partial charge in [0, 0.05) is 6.07 Å². The fourth-order valence-electron chi connectivity index (χ4n) is 1.43. The number of methoxy groups -OCH3 is 2. The molecule has 0 amide bonds. The van der Waals surface area contributed by atoms with Crippen molar-refractivity contribution in [1.82, 2.24) is 0 Å². The minimum atomic E-state index is -1.72. The van der Waals surface area contributed by atoms with Crippen molar-refractivity contribution < 1.29 is 13.9 Å². The summed E-state index contributed by atoms with van der Waals surface area (Å²) < 4.78 is 16.8. The summed E-state index contributed by atoms with van der Waals surface area (Å²) in [6.45, 7) is 11.8. The quantitative estimate of drug-likeness (QED) is 0.757. The van der Waals surface area contributed by atoms with Gasteiger partial charge in [-0.05, 0) is 35.8 Å². The van der Waals surface area contributed by atoms with E-state index in [1.54, 1.807) is 14.2 Å². The molecule has 0 atom stereocenters. The summed E-state index contributed by atoms with van der Waals surface area (Å²) in [4.78, 5) is 0. The number of hydrogen-bond donors (Lipinski definition) is 0. The maximum absolute atomic E-state index is 6.21. The van der Waals surface area contributed by atoms with Gasteiger partial charge in [0.2, 0.25) is 0 Å². The lowest BCUT2D eigenvalue weighted by atomic mass is 10.2. The molecule has 0 saturated heterocycles. The summed E-state index contributed by atoms with van der Waals surface area (Å²) in [5.41, 5.74) is 1.08. The van der Waals surface area contributed by atoms with E-state index >= 15 is 0 Å². The number of benzene rings is 1. The van der Waals surface area contributed by atoms with Gasteiger partial charge in [-0.25, -0.2) is 0 Å². The lowest BCUT2D eigenvalue weighted by molar-refractivity contribution is 0.275. The normalized spacial score (nSPS) is 12.4. The zero-order valence-corrected chi connectivity index (χ0v) is 14.2. The predicted octanol–water partition coefficient (Wildman–Crippen LogP) is 4.23. The van der Waals surface area contributed by atoms with Gasteiger partial charge in [-0.3, -0.25) is 0 Å². The Bertz CT molecular complexity index is 400. The fraction of sp³-hybridized carbons (Fsp3) is 0.600. The summed E-state index contributed by atoms with van der Waals surface area (Å²) in [7, 11) is 1.60. The molecule has 1 aromatic carbocycles. The van der Waals surface area contributed by atoms with E-state index in [0.717, 1.165) is 17.1 Å². The molecule has 0 aliphatic heterocycles. The van der Waals surface area contributed by atoms with Gasteiger partial charge >= 0.3 is 0 Å². The van der Waals surface area contributed by atoms with Crippen LogP contribution in [-0.2, 0) is 11.0 Å². The van der Waals surface area contributed by atoms with Gasteiger partial charge in [0.15, 0.2) is 8.32 Å². The lowest BCUT2D eigenvalue weighted by Crippen LogP contribution is -2.40. The predicted molar refractivity (Wildman–Crippen MR) is 81.5 cm³/mol. The molecular weight excluding hydrogens is 256 g/mol. The van der Waals surface area contributed by atoms with Crippen molar-refractivity contribution in [3.8, 4) is 11.5 Å². The van der Waals surface area contributed by atoms with Gasteiger partial charge in [-0.15, -0.1) is 0 Å². The SMILES string of the molecule is COc1cc(CO[Si](C)(C)C(C)(C)C)cc(OC)c1. The number of rotatable bonds is 5. The maximum Gasteiger partial charge on any atom is 0.192 e. The van der Waals surface area contributed by atoms with Crippen LogP contribution >= 0.6 is 0 Å². The van der Waals surface area contributed by atoms with Gasteiger partial charge in [0.05, 0.1) is 20.8 Å². The third-order valence-electron chi connectivity index (χ3n) is 3.82. The first-order valence-electron chi connectivity index (χ1n) is 6.55. The molecule has 1 aromatic rings. The topological polar surface area (TPSA) is 27.7 Å². The molecule has 108 valence electrons. The zero-order valence-electron chi connectivity index (χ0n) is 13.2. The third kappa shape index (κ3) is 4.25. The van der Waals surface area contributed by atoms with E-state index in [9.17, 15) is 0 Å². The largest absolute Gasteiger partial charge is 0.497 e. The van der Waals surface area contributed by atoms with Crippen molar-refractivity contribution >= 4 is 8.32 Å². The molecule has 4 heteroatoms. The van der Waals surface area contributed by atoms with Crippen LogP contribution in [0.2, 0.25) is 18.1 Å². The third-order valence-corrected chi connectivity index (χ3v) is 8.30. The van der Waals surface area contributed by atoms with Crippen molar-refractivity contribution in [2.75, 3.05) is 14.2 Å². The van der Waals surface area contributed by atoms with E-state index in [-0.39, 0.29) is 5.04 Å². The summed E-state index contributed by atoms with van der Waals surface area (Å²) in [5, 5.41) is 0.218. The Morgan fingerprint density at radius 1 is 0.947 bits per heavy atom. The van der Waals surface area contributed by atoms with Gasteiger partial charge < -0.3 is 13.9 Å². The number of ether oxygens (including phenoxy) is 2. The molecule has 0 fully saturated rings. The molecule has 0 aromatic heterocycles. The van der Waals surface area contributed by atoms with Crippen molar-refractivity contribution in [3.05, 3.63) is 23.8 Å². The van der Waals surface area contributed by atoms with Crippen LogP contribution in [-0.4, -0.2) is 22.5 Å². The average molecular weight is 282 g/mol. The van der Waals surface area contributed by atoms with Crippen molar-refractivity contribution in [1.29, 1.82) is 0 Å². The zero-order chi connectivity index (χ0) is 14.7. The minimum absolute atomic E-state index is 0.218. The molecule has 19 heavy (non-hydrogen) atoms. The molecule has 0 saturated carbocycles. The van der Waals surface area contributed by atoms with Crippen LogP contribution in [0, 0.1) is 0 Å². The Balaban J connectivity index is 2.83. The van der Waals surface area contributed by atoms with Crippen LogP contribution in [0.1, 0.15) is 26.3 Å². The Kier molecular flexibility index (Phi) is 5.04. The standard InChI is InChI=1S/C15H26O3Si/c1-15(2,3)19(6,7)18-11-12-8-13(16-4)10-14(9-12)17-5/h8-10H,11H2,1-7H3. The minimum Gasteiger partial charge on any atom is -0.497 e. The highest BCUT2D eigenvalue weighted by Gasteiger charge is 2.37. The molecule has 0 N–H and O–H groups in total. The summed E-state index contributed by atoms with van der Waals surface area (Å²) >= 11 is 0. The molecule has 0 bridgehead atoms. The van der Waals surface area contributed by atoms with Gasteiger partial charge in [-0.2, -0.15) is 0 Å². The van der Waals surface area contributed by atoms with E-state index in [1.807, 2.05) is 18.2 Å². The molecule has 0 radical (unpaired) electrons. The maximum atomic E-state index is 6.21. The highest BCUT2D eigenvalue weighted by Crippen LogP contribution is 2.37. The Labute approximate surface area is 118 Å². The molecule has 0 heterocycles. The molecule has 0 spiro atoms. The van der Waals surface area contributed by atoms with E-state index in [4.69, 9.17) is 13.9 Å². The molecule has 0 aliphatic rings. The van der Waals surface area contributed by atoms with Crippen LogP contribution in [0.3, 0.4) is 0 Å². The highest BCUT2D eigenvalue weighted by molar-refractivity contribution is 6.74. The van der Waals surface area contributed by atoms with Crippen molar-refractivity contribution in [3.63, 3.8) is 0 Å². The van der Waals surface area contributed by atoms with Gasteiger partial charge in [-0.1, -0.05) is 20.8 Å². The molecule has 0 unspecified atom stereocenters. The lowest BCUT2D eigenvalue weighted by Gasteiger charge is -2.36. The van der Waals surface area contributed by atoms with Gasteiger partial charge in [0.25, 0.3) is 0 Å². The Morgan fingerprint density at radius 3 is 1.79 bits per heavy atom. The molecule has 3 nitrogen and oxygen atoms in total. The second-order valence-corrected chi connectivity index (χ2v) is 11.1. The molecule has 0 aliphatic carbocycles. The summed E-state index contributed by atoms with van der Waals surface area (Å²) in [6, 6.07) is 5.86. The van der Waals surface area contributed by atoms with Crippen LogP contribution in [0.5, 0.6) is 11.5 Å². The van der Waals surface area contributed by atoms with E-state index in [2.05, 4.69) is 33.9 Å². The molecule has 1 rings (SSSR count). The smallest absolute Gasteiger partial charge is 0.192 e. The second kappa shape index (κ2) is 5.97. The highest BCUT2D eigenvalue weighted by atomic mass is 28.4. The molecular formula is C15H26O3Si. The first kappa shape index (κ1) is 16.1. The first-order chi connectivity index (χ1) is 8.69. The Morgan fingerprint density at radius 2 is 1.42 bits per heavy atom. The van der Waals surface area contributed by atoms with Crippen LogP contribution in [0.4, 0.5) is 0 Å². The number of hydrogen-bond acceptors (Lipinski definition) is 3. The van der Waals surface area contributed by atoms with Gasteiger partial charge in [0.1, 0.15) is 11.5 Å². The van der Waals surface area contributed by atoms with Crippen LogP contribution < -0.4 is 9.47 Å². The Hall–Kier alpha value is -1.00. The van der Waals surface area contributed by atoms with Crippen molar-refractivity contribution in [2.24, 2.45) is 0 Å². The van der Waals surface area contributed by atoms with E-state index in [0.29, 0.717) is 6.61 Å². The first-order valence-corrected chi connectivity index (χ1v) is 9.46.